The van der Waals surface area contributed by atoms with E-state index < -0.39 is 0 Å². The fourth-order valence-electron chi connectivity index (χ4n) is 1.45. The Labute approximate surface area is 114 Å². The number of aliphatic hydroxyl groups excluding tert-OH is 1. The van der Waals surface area contributed by atoms with Crippen LogP contribution in [0.5, 0.6) is 0 Å². The molecule has 0 saturated carbocycles. The van der Waals surface area contributed by atoms with E-state index in [4.69, 9.17) is 15.6 Å². The lowest BCUT2D eigenvalue weighted by molar-refractivity contribution is -0.176. The smallest absolute Gasteiger partial charge is 0.0761 e. The van der Waals surface area contributed by atoms with Gasteiger partial charge in [0.05, 0.1) is 6.10 Å². The summed E-state index contributed by atoms with van der Waals surface area (Å²) in [5.74, 6) is 0. The maximum Gasteiger partial charge on any atom is 0.0761 e. The molecule has 0 aliphatic rings. The van der Waals surface area contributed by atoms with Crippen molar-refractivity contribution in [3.63, 3.8) is 0 Å². The first-order valence-corrected chi connectivity index (χ1v) is 6.21. The summed E-state index contributed by atoms with van der Waals surface area (Å²) in [6.45, 7) is 3.92. The molecule has 19 heavy (non-hydrogen) atoms. The van der Waals surface area contributed by atoms with Crippen LogP contribution in [-0.4, -0.2) is 15.6 Å². The second kappa shape index (κ2) is 11.4. The van der Waals surface area contributed by atoms with Gasteiger partial charge in [0.1, 0.15) is 0 Å². The number of rotatable bonds is 2. The molecule has 0 fully saturated rings. The third kappa shape index (κ3) is 8.11. The third-order valence-electron chi connectivity index (χ3n) is 2.53. The van der Waals surface area contributed by atoms with E-state index in [1.807, 2.05) is 36.4 Å². The molecule has 0 bridgehead atoms. The Kier molecular flexibility index (Phi) is 10.4. The van der Waals surface area contributed by atoms with Crippen LogP contribution in [0.3, 0.4) is 0 Å². The Morgan fingerprint density at radius 2 is 1.26 bits per heavy atom. The van der Waals surface area contributed by atoms with Gasteiger partial charge < -0.3 is 5.11 Å². The Bertz CT molecular complexity index is 399. The van der Waals surface area contributed by atoms with Crippen molar-refractivity contribution in [3.8, 4) is 0 Å². The van der Waals surface area contributed by atoms with Crippen molar-refractivity contribution in [2.45, 2.75) is 26.4 Å². The zero-order valence-electron chi connectivity index (χ0n) is 11.4. The van der Waals surface area contributed by atoms with Crippen molar-refractivity contribution >= 4 is 0 Å². The highest BCUT2D eigenvalue weighted by molar-refractivity contribution is 5.16. The minimum absolute atomic E-state index is 0.341. The molecule has 2 aromatic rings. The van der Waals surface area contributed by atoms with Crippen molar-refractivity contribution in [2.24, 2.45) is 0 Å². The molecule has 2 aromatic carbocycles. The van der Waals surface area contributed by atoms with Crippen molar-refractivity contribution in [1.29, 1.82) is 0 Å². The van der Waals surface area contributed by atoms with Gasteiger partial charge in [-0.2, -0.15) is 0 Å². The average molecular weight is 262 g/mol. The van der Waals surface area contributed by atoms with Crippen molar-refractivity contribution < 1.29 is 15.6 Å². The second-order valence-corrected chi connectivity index (χ2v) is 3.93. The molecule has 0 saturated heterocycles. The van der Waals surface area contributed by atoms with Crippen molar-refractivity contribution in [3.05, 3.63) is 71.8 Å². The molecule has 0 heterocycles. The van der Waals surface area contributed by atoms with E-state index in [1.165, 1.54) is 5.56 Å². The quantitative estimate of drug-likeness (QED) is 0.566. The summed E-state index contributed by atoms with van der Waals surface area (Å²) in [5, 5.41) is 21.0. The first kappa shape index (κ1) is 17.3. The van der Waals surface area contributed by atoms with Crippen molar-refractivity contribution in [2.75, 3.05) is 0 Å². The van der Waals surface area contributed by atoms with E-state index in [2.05, 4.69) is 31.2 Å². The van der Waals surface area contributed by atoms with Crippen LogP contribution in [-0.2, 0) is 6.42 Å². The van der Waals surface area contributed by atoms with E-state index >= 15 is 0 Å². The van der Waals surface area contributed by atoms with E-state index in [-0.39, 0.29) is 6.10 Å². The predicted octanol–water partition coefficient (Wildman–Crippen LogP) is 4.01. The standard InChI is InChI=1S/C8H10O.C8H10.H2O2/c1-7(9)8-5-3-2-4-6-8;1-2-8-6-4-3-5-7-8;1-2/h2-7,9H,1H3;3-7H,2H2,1H3;1-2H. The molecule has 0 amide bonds. The summed E-state index contributed by atoms with van der Waals surface area (Å²) >= 11 is 0. The van der Waals surface area contributed by atoms with Gasteiger partial charge in [-0.15, -0.1) is 0 Å². The van der Waals surface area contributed by atoms with Gasteiger partial charge >= 0.3 is 0 Å². The van der Waals surface area contributed by atoms with Gasteiger partial charge in [-0.05, 0) is 24.5 Å². The Balaban J connectivity index is 0.000000303. The zero-order valence-corrected chi connectivity index (χ0v) is 11.4. The molecule has 0 aliphatic heterocycles. The molecule has 0 radical (unpaired) electrons. The van der Waals surface area contributed by atoms with E-state index in [0.717, 1.165) is 12.0 Å². The van der Waals surface area contributed by atoms with Crippen LogP contribution in [0.1, 0.15) is 31.1 Å². The van der Waals surface area contributed by atoms with Crippen molar-refractivity contribution in [1.82, 2.24) is 0 Å². The number of hydrogen-bond donors (Lipinski definition) is 3. The van der Waals surface area contributed by atoms with Crippen LogP contribution in [0.2, 0.25) is 0 Å². The molecule has 0 spiro atoms. The van der Waals surface area contributed by atoms with Crippen LogP contribution in [0.25, 0.3) is 0 Å². The summed E-state index contributed by atoms with van der Waals surface area (Å²) < 4.78 is 0. The highest BCUT2D eigenvalue weighted by atomic mass is 17.0. The number of benzene rings is 2. The van der Waals surface area contributed by atoms with Gasteiger partial charge in [0.15, 0.2) is 0 Å². The lowest BCUT2D eigenvalue weighted by atomic mass is 10.1. The van der Waals surface area contributed by atoms with E-state index in [1.54, 1.807) is 6.92 Å². The maximum absolute atomic E-state index is 9.02. The highest BCUT2D eigenvalue weighted by Gasteiger charge is 1.95. The normalized spacial score (nSPS) is 10.4. The third-order valence-corrected chi connectivity index (χ3v) is 2.53. The Hall–Kier alpha value is -1.68. The molecule has 3 nitrogen and oxygen atoms in total. The van der Waals surface area contributed by atoms with Gasteiger partial charge in [-0.25, -0.2) is 0 Å². The minimum Gasteiger partial charge on any atom is -0.389 e. The van der Waals surface area contributed by atoms with Crippen LogP contribution < -0.4 is 0 Å². The van der Waals surface area contributed by atoms with Crippen LogP contribution in [0.15, 0.2) is 60.7 Å². The summed E-state index contributed by atoms with van der Waals surface area (Å²) in [5.41, 5.74) is 2.38. The van der Waals surface area contributed by atoms with Gasteiger partial charge in [0.25, 0.3) is 0 Å². The Morgan fingerprint density at radius 3 is 1.53 bits per heavy atom. The number of aliphatic hydroxyl groups is 1. The lowest BCUT2D eigenvalue weighted by Crippen LogP contribution is -1.87. The fourth-order valence-corrected chi connectivity index (χ4v) is 1.45. The number of aryl methyl sites for hydroxylation is 1. The monoisotopic (exact) mass is 262 g/mol. The lowest BCUT2D eigenvalue weighted by Gasteiger charge is -2.00. The van der Waals surface area contributed by atoms with E-state index in [9.17, 15) is 0 Å². The second-order valence-electron chi connectivity index (χ2n) is 3.93. The minimum atomic E-state index is -0.341. The number of hydrogen-bond acceptors (Lipinski definition) is 3. The molecule has 2 rings (SSSR count). The maximum atomic E-state index is 9.02. The Morgan fingerprint density at radius 1 is 0.842 bits per heavy atom. The average Bonchev–Trinajstić information content (AvgIpc) is 2.51. The first-order chi connectivity index (χ1) is 9.24. The SMILES string of the molecule is CC(O)c1ccccc1.CCc1ccccc1.OO. The van der Waals surface area contributed by atoms with Gasteiger partial charge in [-0.3, -0.25) is 10.5 Å². The van der Waals surface area contributed by atoms with Gasteiger partial charge in [0.2, 0.25) is 0 Å². The summed E-state index contributed by atoms with van der Waals surface area (Å²) in [4.78, 5) is 0. The molecule has 0 aliphatic carbocycles. The van der Waals surface area contributed by atoms with Crippen LogP contribution in [0, 0.1) is 0 Å². The molecular weight excluding hydrogens is 240 g/mol. The molecule has 1 atom stereocenters. The molecular formula is C16H22O3. The first-order valence-electron chi connectivity index (χ1n) is 6.21. The van der Waals surface area contributed by atoms with Gasteiger partial charge in [-0.1, -0.05) is 67.6 Å². The molecule has 0 aromatic heterocycles. The summed E-state index contributed by atoms with van der Waals surface area (Å²) in [6.07, 6.45) is 0.798. The largest absolute Gasteiger partial charge is 0.389 e. The highest BCUT2D eigenvalue weighted by Crippen LogP contribution is 2.09. The fraction of sp³-hybridized carbons (Fsp3) is 0.250. The topological polar surface area (TPSA) is 60.7 Å². The molecule has 3 heteroatoms. The van der Waals surface area contributed by atoms with Gasteiger partial charge in [0, 0.05) is 0 Å². The molecule has 1 unspecified atom stereocenters. The zero-order chi connectivity index (χ0) is 14.5. The molecule has 3 N–H and O–H groups in total. The summed E-state index contributed by atoms with van der Waals surface area (Å²) in [7, 11) is 0. The summed E-state index contributed by atoms with van der Waals surface area (Å²) in [6, 6.07) is 20.0. The van der Waals surface area contributed by atoms with Crippen LogP contribution in [0.4, 0.5) is 0 Å². The predicted molar refractivity (Wildman–Crippen MR) is 78.2 cm³/mol. The van der Waals surface area contributed by atoms with E-state index in [0.29, 0.717) is 0 Å². The van der Waals surface area contributed by atoms with Crippen LogP contribution >= 0.6 is 0 Å². The molecule has 104 valence electrons.